The van der Waals surface area contributed by atoms with E-state index in [1.54, 1.807) is 13.0 Å². The van der Waals surface area contributed by atoms with E-state index < -0.39 is 0 Å². The number of rotatable bonds is 8. The lowest BCUT2D eigenvalue weighted by Gasteiger charge is -2.11. The molecule has 0 saturated heterocycles. The van der Waals surface area contributed by atoms with Crippen LogP contribution in [0.2, 0.25) is 0 Å². The molecule has 1 aromatic carbocycles. The highest BCUT2D eigenvalue weighted by Crippen LogP contribution is 2.25. The Bertz CT molecular complexity index is 713. The Morgan fingerprint density at radius 1 is 1.24 bits per heavy atom. The molecule has 0 radical (unpaired) electrons. The first-order valence-corrected chi connectivity index (χ1v) is 9.16. The highest BCUT2D eigenvalue weighted by atomic mass is 32.2. The average Bonchev–Trinajstić information content (AvgIpc) is 2.99. The van der Waals surface area contributed by atoms with Gasteiger partial charge in [0.15, 0.2) is 5.82 Å². The molecule has 0 aliphatic carbocycles. The molecule has 2 amide bonds. The van der Waals surface area contributed by atoms with Gasteiger partial charge < -0.3 is 15.2 Å². The van der Waals surface area contributed by atoms with Crippen molar-refractivity contribution in [2.24, 2.45) is 0 Å². The summed E-state index contributed by atoms with van der Waals surface area (Å²) in [5.74, 6) is 0.945. The number of anilines is 2. The summed E-state index contributed by atoms with van der Waals surface area (Å²) >= 11 is 1.44. The van der Waals surface area contributed by atoms with Gasteiger partial charge in [0.2, 0.25) is 11.8 Å². The topological polar surface area (TPSA) is 84.2 Å². The Kier molecular flexibility index (Phi) is 7.06. The van der Waals surface area contributed by atoms with E-state index in [1.165, 1.54) is 11.8 Å². The maximum Gasteiger partial charge on any atom is 0.238 e. The van der Waals surface area contributed by atoms with Gasteiger partial charge >= 0.3 is 0 Å². The number of amides is 2. The number of unbranched alkanes of at least 4 members (excludes halogenated alkanes) is 1. The van der Waals surface area contributed by atoms with Crippen LogP contribution in [-0.2, 0) is 9.59 Å². The number of aromatic nitrogens is 1. The van der Waals surface area contributed by atoms with Gasteiger partial charge in [0, 0.05) is 23.1 Å². The standard InChI is InChI=1S/C18H23N3O3S/c1-4-5-6-17(22)19-14-7-9-15(10-8-14)25-13(3)18(23)20-16-11-12(2)24-21-16/h7-11,13H,4-6H2,1-3H3,(H,19,22)(H,20,21,23). The van der Waals surface area contributed by atoms with E-state index in [0.717, 1.165) is 23.4 Å². The normalized spacial score (nSPS) is 11.8. The summed E-state index contributed by atoms with van der Waals surface area (Å²) in [6.07, 6.45) is 2.42. The fourth-order valence-corrected chi connectivity index (χ4v) is 2.96. The molecule has 134 valence electrons. The van der Waals surface area contributed by atoms with Gasteiger partial charge in [-0.15, -0.1) is 11.8 Å². The molecule has 0 aliphatic rings. The fourth-order valence-electron chi connectivity index (χ4n) is 2.09. The molecule has 2 N–H and O–H groups in total. The van der Waals surface area contributed by atoms with Crippen molar-refractivity contribution in [1.29, 1.82) is 0 Å². The van der Waals surface area contributed by atoms with Gasteiger partial charge in [-0.05, 0) is 44.5 Å². The Labute approximate surface area is 151 Å². The third-order valence-electron chi connectivity index (χ3n) is 3.46. The van der Waals surface area contributed by atoms with Gasteiger partial charge in [-0.2, -0.15) is 0 Å². The zero-order chi connectivity index (χ0) is 18.2. The average molecular weight is 361 g/mol. The molecule has 0 spiro atoms. The first-order valence-electron chi connectivity index (χ1n) is 8.28. The lowest BCUT2D eigenvalue weighted by Crippen LogP contribution is -2.22. The number of thioether (sulfide) groups is 1. The highest BCUT2D eigenvalue weighted by Gasteiger charge is 2.16. The minimum atomic E-state index is -0.290. The highest BCUT2D eigenvalue weighted by molar-refractivity contribution is 8.00. The van der Waals surface area contributed by atoms with Crippen molar-refractivity contribution in [1.82, 2.24) is 5.16 Å². The first-order chi connectivity index (χ1) is 12.0. The maximum atomic E-state index is 12.2. The van der Waals surface area contributed by atoms with Crippen LogP contribution in [0.1, 0.15) is 38.9 Å². The van der Waals surface area contributed by atoms with Gasteiger partial charge in [0.05, 0.1) is 5.25 Å². The Morgan fingerprint density at radius 3 is 2.56 bits per heavy atom. The number of aryl methyl sites for hydroxylation is 1. The van der Waals surface area contributed by atoms with E-state index in [-0.39, 0.29) is 17.1 Å². The molecule has 2 aromatic rings. The van der Waals surface area contributed by atoms with Crippen LogP contribution in [0.25, 0.3) is 0 Å². The van der Waals surface area contributed by atoms with E-state index in [2.05, 4.69) is 22.7 Å². The largest absolute Gasteiger partial charge is 0.360 e. The van der Waals surface area contributed by atoms with Crippen molar-refractivity contribution in [2.75, 3.05) is 10.6 Å². The SMILES string of the molecule is CCCCC(=O)Nc1ccc(SC(C)C(=O)Nc2cc(C)on2)cc1. The monoisotopic (exact) mass is 361 g/mol. The molecule has 25 heavy (non-hydrogen) atoms. The molecule has 1 aromatic heterocycles. The second-order valence-electron chi connectivity index (χ2n) is 5.75. The van der Waals surface area contributed by atoms with Crippen LogP contribution in [-0.4, -0.2) is 22.2 Å². The molecule has 1 heterocycles. The Balaban J connectivity index is 1.85. The summed E-state index contributed by atoms with van der Waals surface area (Å²) in [6, 6.07) is 9.15. The quantitative estimate of drug-likeness (QED) is 0.687. The lowest BCUT2D eigenvalue weighted by molar-refractivity contribution is -0.116. The number of hydrogen-bond donors (Lipinski definition) is 2. The van der Waals surface area contributed by atoms with Crippen molar-refractivity contribution < 1.29 is 14.1 Å². The smallest absolute Gasteiger partial charge is 0.238 e. The summed E-state index contributed by atoms with van der Waals surface area (Å²) in [4.78, 5) is 24.8. The van der Waals surface area contributed by atoms with E-state index >= 15 is 0 Å². The summed E-state index contributed by atoms with van der Waals surface area (Å²) in [5, 5.41) is 9.05. The minimum absolute atomic E-state index is 0.0258. The van der Waals surface area contributed by atoms with Gasteiger partial charge in [0.1, 0.15) is 5.76 Å². The van der Waals surface area contributed by atoms with Crippen LogP contribution in [0.5, 0.6) is 0 Å². The number of nitrogens with zero attached hydrogens (tertiary/aromatic N) is 1. The number of carbonyl (C=O) groups excluding carboxylic acids is 2. The summed E-state index contributed by atoms with van der Waals surface area (Å²) in [5.41, 5.74) is 0.764. The zero-order valence-corrected chi connectivity index (χ0v) is 15.5. The first kappa shape index (κ1) is 19.1. The van der Waals surface area contributed by atoms with E-state index in [9.17, 15) is 9.59 Å². The van der Waals surface area contributed by atoms with Crippen molar-refractivity contribution in [3.63, 3.8) is 0 Å². The Hall–Kier alpha value is -2.28. The predicted octanol–water partition coefficient (Wildman–Crippen LogP) is 4.23. The van der Waals surface area contributed by atoms with E-state index in [0.29, 0.717) is 18.0 Å². The lowest BCUT2D eigenvalue weighted by atomic mass is 10.2. The molecule has 2 rings (SSSR count). The summed E-state index contributed by atoms with van der Waals surface area (Å²) < 4.78 is 4.93. The molecule has 0 saturated carbocycles. The maximum absolute atomic E-state index is 12.2. The second-order valence-corrected chi connectivity index (χ2v) is 7.16. The van der Waals surface area contributed by atoms with Gasteiger partial charge in [0.25, 0.3) is 0 Å². The summed E-state index contributed by atoms with van der Waals surface area (Å²) in [6.45, 7) is 5.65. The minimum Gasteiger partial charge on any atom is -0.360 e. The third-order valence-corrected chi connectivity index (χ3v) is 4.57. The van der Waals surface area contributed by atoms with Crippen molar-refractivity contribution in [3.05, 3.63) is 36.1 Å². The van der Waals surface area contributed by atoms with Crippen molar-refractivity contribution >= 4 is 35.1 Å². The van der Waals surface area contributed by atoms with Crippen LogP contribution in [0.4, 0.5) is 11.5 Å². The molecule has 1 unspecified atom stereocenters. The van der Waals surface area contributed by atoms with Crippen molar-refractivity contribution in [2.45, 2.75) is 50.2 Å². The fraction of sp³-hybridized carbons (Fsp3) is 0.389. The van der Waals surface area contributed by atoms with Crippen LogP contribution in [0, 0.1) is 6.92 Å². The van der Waals surface area contributed by atoms with Gasteiger partial charge in [-0.3, -0.25) is 9.59 Å². The number of benzene rings is 1. The molecule has 0 fully saturated rings. The number of carbonyl (C=O) groups is 2. The van der Waals surface area contributed by atoms with Crippen LogP contribution < -0.4 is 10.6 Å². The van der Waals surface area contributed by atoms with Crippen LogP contribution >= 0.6 is 11.8 Å². The van der Waals surface area contributed by atoms with Crippen LogP contribution in [0.3, 0.4) is 0 Å². The molecule has 0 aliphatic heterocycles. The number of hydrogen-bond acceptors (Lipinski definition) is 5. The van der Waals surface area contributed by atoms with Gasteiger partial charge in [-0.25, -0.2) is 0 Å². The second kappa shape index (κ2) is 9.27. The Morgan fingerprint density at radius 2 is 1.96 bits per heavy atom. The zero-order valence-electron chi connectivity index (χ0n) is 14.7. The molecule has 7 heteroatoms. The van der Waals surface area contributed by atoms with Crippen molar-refractivity contribution in [3.8, 4) is 0 Å². The van der Waals surface area contributed by atoms with Gasteiger partial charge in [-0.1, -0.05) is 18.5 Å². The molecular formula is C18H23N3O3S. The predicted molar refractivity (Wildman–Crippen MR) is 99.8 cm³/mol. The summed E-state index contributed by atoms with van der Waals surface area (Å²) in [7, 11) is 0. The van der Waals surface area contributed by atoms with Crippen LogP contribution in [0.15, 0.2) is 39.8 Å². The molecule has 1 atom stereocenters. The third kappa shape index (κ3) is 6.26. The number of nitrogens with one attached hydrogen (secondary N) is 2. The molecular weight excluding hydrogens is 338 g/mol. The van der Waals surface area contributed by atoms with E-state index in [1.807, 2.05) is 31.2 Å². The van der Waals surface area contributed by atoms with E-state index in [4.69, 9.17) is 4.52 Å². The molecule has 6 nitrogen and oxygen atoms in total. The molecule has 0 bridgehead atoms.